The molecule has 1 fully saturated rings. The molecule has 7 nitrogen and oxygen atoms in total. The molecule has 0 radical (unpaired) electrons. The van der Waals surface area contributed by atoms with E-state index in [1.54, 1.807) is 11.8 Å². The summed E-state index contributed by atoms with van der Waals surface area (Å²) in [6.07, 6.45) is 8.31. The Labute approximate surface area is 174 Å². The molecule has 1 aromatic rings. The largest absolute Gasteiger partial charge is 0.354 e. The van der Waals surface area contributed by atoms with E-state index in [-0.39, 0.29) is 22.2 Å². The van der Waals surface area contributed by atoms with Crippen molar-refractivity contribution in [3.63, 3.8) is 0 Å². The molecule has 1 aliphatic rings. The van der Waals surface area contributed by atoms with Gasteiger partial charge in [0.25, 0.3) is 11.6 Å². The number of amides is 2. The second kappa shape index (κ2) is 11.3. The van der Waals surface area contributed by atoms with Crippen LogP contribution in [0.5, 0.6) is 0 Å². The van der Waals surface area contributed by atoms with Crippen LogP contribution in [0, 0.1) is 16.0 Å². The number of hydrogen-bond acceptors (Lipinski definition) is 5. The van der Waals surface area contributed by atoms with Gasteiger partial charge in [-0.1, -0.05) is 30.9 Å². The van der Waals surface area contributed by atoms with Crippen LogP contribution in [0.4, 0.5) is 5.69 Å². The van der Waals surface area contributed by atoms with Gasteiger partial charge in [-0.2, -0.15) is 11.8 Å². The number of nitro groups is 1. The molecule has 0 aromatic heterocycles. The molecule has 0 heterocycles. The van der Waals surface area contributed by atoms with E-state index in [2.05, 4.69) is 10.6 Å². The van der Waals surface area contributed by atoms with Gasteiger partial charge in [0.05, 0.1) is 4.92 Å². The van der Waals surface area contributed by atoms with Gasteiger partial charge in [0.15, 0.2) is 0 Å². The zero-order valence-corrected chi connectivity index (χ0v) is 17.5. The van der Waals surface area contributed by atoms with Crippen molar-refractivity contribution in [1.29, 1.82) is 0 Å². The van der Waals surface area contributed by atoms with Gasteiger partial charge in [-0.3, -0.25) is 19.7 Å². The molecule has 0 aliphatic heterocycles. The lowest BCUT2D eigenvalue weighted by Gasteiger charge is -2.24. The lowest BCUT2D eigenvalue weighted by Crippen LogP contribution is -2.48. The van der Waals surface area contributed by atoms with E-state index in [4.69, 9.17) is 11.6 Å². The second-order valence-electron chi connectivity index (χ2n) is 6.98. The number of carbonyl (C=O) groups is 2. The van der Waals surface area contributed by atoms with Crippen LogP contribution in [0.15, 0.2) is 18.2 Å². The van der Waals surface area contributed by atoms with Crippen molar-refractivity contribution in [2.45, 2.75) is 44.6 Å². The van der Waals surface area contributed by atoms with Crippen molar-refractivity contribution in [3.8, 4) is 0 Å². The zero-order chi connectivity index (χ0) is 20.5. The predicted octanol–water partition coefficient (Wildman–Crippen LogP) is 3.80. The molecule has 2 rings (SSSR count). The molecule has 28 heavy (non-hydrogen) atoms. The first-order chi connectivity index (χ1) is 13.4. The zero-order valence-electron chi connectivity index (χ0n) is 15.9. The van der Waals surface area contributed by atoms with E-state index >= 15 is 0 Å². The lowest BCUT2D eigenvalue weighted by molar-refractivity contribution is -0.384. The first-order valence-corrected chi connectivity index (χ1v) is 11.2. The first-order valence-electron chi connectivity index (χ1n) is 9.43. The molecule has 2 N–H and O–H groups in total. The Balaban J connectivity index is 2.01. The predicted molar refractivity (Wildman–Crippen MR) is 112 cm³/mol. The summed E-state index contributed by atoms with van der Waals surface area (Å²) in [6.45, 7) is 0.622. The SMILES string of the molecule is CSCCC(NC(=O)c1ccc(Cl)c([N+](=O)[O-])c1)C(=O)NCC1CCCCC1. The van der Waals surface area contributed by atoms with E-state index in [9.17, 15) is 19.7 Å². The van der Waals surface area contributed by atoms with Crippen molar-refractivity contribution in [2.75, 3.05) is 18.6 Å². The highest BCUT2D eigenvalue weighted by atomic mass is 35.5. The molecule has 1 aromatic carbocycles. The summed E-state index contributed by atoms with van der Waals surface area (Å²) in [5.41, 5.74) is -0.234. The summed E-state index contributed by atoms with van der Waals surface area (Å²) < 4.78 is 0. The van der Waals surface area contributed by atoms with Gasteiger partial charge in [-0.05, 0) is 49.3 Å². The highest BCUT2D eigenvalue weighted by molar-refractivity contribution is 7.98. The number of carbonyl (C=O) groups excluding carboxylic acids is 2. The summed E-state index contributed by atoms with van der Waals surface area (Å²) in [4.78, 5) is 35.6. The molecule has 0 bridgehead atoms. The minimum Gasteiger partial charge on any atom is -0.354 e. The number of nitrogens with one attached hydrogen (secondary N) is 2. The Morgan fingerprint density at radius 2 is 2.04 bits per heavy atom. The van der Waals surface area contributed by atoms with Gasteiger partial charge in [0.2, 0.25) is 5.91 Å². The summed E-state index contributed by atoms with van der Waals surface area (Å²) in [5, 5.41) is 16.7. The molecule has 1 saturated carbocycles. The topological polar surface area (TPSA) is 101 Å². The summed E-state index contributed by atoms with van der Waals surface area (Å²) >= 11 is 7.38. The van der Waals surface area contributed by atoms with Crippen molar-refractivity contribution in [1.82, 2.24) is 10.6 Å². The second-order valence-corrected chi connectivity index (χ2v) is 8.37. The number of thioether (sulfide) groups is 1. The van der Waals surface area contributed by atoms with Crippen LogP contribution >= 0.6 is 23.4 Å². The molecule has 1 unspecified atom stereocenters. The maximum atomic E-state index is 12.6. The van der Waals surface area contributed by atoms with Crippen molar-refractivity contribution in [3.05, 3.63) is 38.9 Å². The van der Waals surface area contributed by atoms with Crippen LogP contribution in [-0.2, 0) is 4.79 Å². The molecule has 9 heteroatoms. The monoisotopic (exact) mass is 427 g/mol. The third kappa shape index (κ3) is 6.67. The molecule has 0 saturated heterocycles. The fourth-order valence-electron chi connectivity index (χ4n) is 3.30. The quantitative estimate of drug-likeness (QED) is 0.461. The third-order valence-corrected chi connectivity index (χ3v) is 5.89. The summed E-state index contributed by atoms with van der Waals surface area (Å²) in [5.74, 6) is 0.464. The standard InChI is InChI=1S/C19H26ClN3O4S/c1-28-10-9-16(19(25)21-12-13-5-3-2-4-6-13)22-18(24)14-7-8-15(20)17(11-14)23(26)27/h7-8,11,13,16H,2-6,9-10,12H2,1H3,(H,21,25)(H,22,24). The fraction of sp³-hybridized carbons (Fsp3) is 0.579. The Kier molecular flexibility index (Phi) is 9.05. The number of benzene rings is 1. The van der Waals surface area contributed by atoms with Gasteiger partial charge in [-0.15, -0.1) is 0 Å². The summed E-state index contributed by atoms with van der Waals surface area (Å²) in [6, 6.07) is 3.17. The smallest absolute Gasteiger partial charge is 0.288 e. The highest BCUT2D eigenvalue weighted by Gasteiger charge is 2.24. The molecule has 154 valence electrons. The Bertz CT molecular complexity index is 710. The highest BCUT2D eigenvalue weighted by Crippen LogP contribution is 2.25. The Morgan fingerprint density at radius 3 is 2.68 bits per heavy atom. The molecular weight excluding hydrogens is 402 g/mol. The van der Waals surface area contributed by atoms with Crippen LogP contribution in [0.1, 0.15) is 48.9 Å². The van der Waals surface area contributed by atoms with E-state index in [0.29, 0.717) is 24.6 Å². The minimum absolute atomic E-state index is 0.0364. The maximum absolute atomic E-state index is 12.6. The number of halogens is 1. The van der Waals surface area contributed by atoms with Crippen molar-refractivity contribution < 1.29 is 14.5 Å². The maximum Gasteiger partial charge on any atom is 0.288 e. The number of nitrogens with zero attached hydrogens (tertiary/aromatic N) is 1. The molecular formula is C19H26ClN3O4S. The van der Waals surface area contributed by atoms with Crippen LogP contribution in [0.25, 0.3) is 0 Å². The minimum atomic E-state index is -0.682. The number of rotatable bonds is 9. The normalized spacial score (nSPS) is 15.6. The lowest BCUT2D eigenvalue weighted by atomic mass is 9.89. The number of nitro benzene ring substituents is 1. The molecule has 1 aliphatic carbocycles. The average molecular weight is 428 g/mol. The van der Waals surface area contributed by atoms with Crippen LogP contribution in [0.2, 0.25) is 5.02 Å². The van der Waals surface area contributed by atoms with Crippen LogP contribution < -0.4 is 10.6 Å². The van der Waals surface area contributed by atoms with Crippen LogP contribution in [0.3, 0.4) is 0 Å². The van der Waals surface area contributed by atoms with E-state index < -0.39 is 16.9 Å². The Morgan fingerprint density at radius 1 is 1.32 bits per heavy atom. The number of hydrogen-bond donors (Lipinski definition) is 2. The van der Waals surface area contributed by atoms with Gasteiger partial charge >= 0.3 is 0 Å². The molecule has 2 amide bonds. The first kappa shape index (κ1) is 22.5. The van der Waals surface area contributed by atoms with Crippen LogP contribution in [-0.4, -0.2) is 41.3 Å². The van der Waals surface area contributed by atoms with Gasteiger partial charge in [-0.25, -0.2) is 0 Å². The Hall–Kier alpha value is -1.80. The van der Waals surface area contributed by atoms with Gasteiger partial charge < -0.3 is 10.6 Å². The third-order valence-electron chi connectivity index (χ3n) is 4.93. The summed E-state index contributed by atoms with van der Waals surface area (Å²) in [7, 11) is 0. The van der Waals surface area contributed by atoms with Crippen molar-refractivity contribution >= 4 is 40.9 Å². The van der Waals surface area contributed by atoms with Crippen molar-refractivity contribution in [2.24, 2.45) is 5.92 Å². The van der Waals surface area contributed by atoms with Gasteiger partial charge in [0, 0.05) is 18.2 Å². The fourth-order valence-corrected chi connectivity index (χ4v) is 3.96. The average Bonchev–Trinajstić information content (AvgIpc) is 2.70. The van der Waals surface area contributed by atoms with E-state index in [0.717, 1.165) is 18.9 Å². The van der Waals surface area contributed by atoms with Gasteiger partial charge in [0.1, 0.15) is 11.1 Å². The van der Waals surface area contributed by atoms with E-state index in [1.807, 2.05) is 6.26 Å². The molecule has 1 atom stereocenters. The van der Waals surface area contributed by atoms with E-state index in [1.165, 1.54) is 31.4 Å². The molecule has 0 spiro atoms.